The highest BCUT2D eigenvalue weighted by Gasteiger charge is 2.29. The van der Waals surface area contributed by atoms with Crippen molar-refractivity contribution in [3.8, 4) is 0 Å². The second kappa shape index (κ2) is 8.95. The van der Waals surface area contributed by atoms with Crippen molar-refractivity contribution in [2.45, 2.75) is 26.3 Å². The molecule has 1 unspecified atom stereocenters. The minimum atomic E-state index is -0.138. The van der Waals surface area contributed by atoms with Gasteiger partial charge in [-0.1, -0.05) is 49.4 Å². The third kappa shape index (κ3) is 4.59. The summed E-state index contributed by atoms with van der Waals surface area (Å²) in [5.74, 6) is -0.0850. The lowest BCUT2D eigenvalue weighted by Crippen LogP contribution is -2.29. The van der Waals surface area contributed by atoms with Gasteiger partial charge in [-0.15, -0.1) is 0 Å². The summed E-state index contributed by atoms with van der Waals surface area (Å²) in [7, 11) is 0. The first-order chi connectivity index (χ1) is 14.6. The Morgan fingerprint density at radius 3 is 2.67 bits per heavy atom. The fourth-order valence-corrected chi connectivity index (χ4v) is 3.79. The van der Waals surface area contributed by atoms with E-state index in [4.69, 9.17) is 0 Å². The van der Waals surface area contributed by atoms with Crippen molar-refractivity contribution in [1.82, 2.24) is 9.78 Å². The highest BCUT2D eigenvalue weighted by atomic mass is 16.2. The highest BCUT2D eigenvalue weighted by Crippen LogP contribution is 2.23. The molecule has 2 heterocycles. The van der Waals surface area contributed by atoms with Crippen molar-refractivity contribution in [1.29, 1.82) is 0 Å². The molecule has 3 aromatic rings. The van der Waals surface area contributed by atoms with Gasteiger partial charge in [0, 0.05) is 24.8 Å². The Morgan fingerprint density at radius 1 is 1.10 bits per heavy atom. The molecule has 0 radical (unpaired) electrons. The number of carbonyl (C=O) groups is 1. The maximum atomic E-state index is 12.7. The number of rotatable bonds is 6. The maximum Gasteiger partial charge on any atom is 0.269 e. The number of nitrogens with zero attached hydrogens (tertiary/aromatic N) is 3. The van der Waals surface area contributed by atoms with Gasteiger partial charge in [-0.2, -0.15) is 5.10 Å². The summed E-state index contributed by atoms with van der Waals surface area (Å²) in [5, 5.41) is 7.37. The molecule has 6 heteroatoms. The van der Waals surface area contributed by atoms with E-state index in [9.17, 15) is 9.59 Å². The zero-order valence-electron chi connectivity index (χ0n) is 17.1. The third-order valence-corrected chi connectivity index (χ3v) is 5.56. The van der Waals surface area contributed by atoms with Crippen LogP contribution >= 0.6 is 0 Å². The first-order valence-corrected chi connectivity index (χ1v) is 10.4. The minimum absolute atomic E-state index is 0.0242. The van der Waals surface area contributed by atoms with Gasteiger partial charge in [0.1, 0.15) is 0 Å². The summed E-state index contributed by atoms with van der Waals surface area (Å²) >= 11 is 0. The molecule has 0 spiro atoms. The van der Waals surface area contributed by atoms with Gasteiger partial charge in [0.2, 0.25) is 5.91 Å². The fraction of sp³-hybridized carbons (Fsp3) is 0.292. The summed E-state index contributed by atoms with van der Waals surface area (Å²) in [6.07, 6.45) is 3.41. The van der Waals surface area contributed by atoms with Gasteiger partial charge >= 0.3 is 0 Å². The van der Waals surface area contributed by atoms with Crippen molar-refractivity contribution in [3.63, 3.8) is 0 Å². The van der Waals surface area contributed by atoms with Crippen LogP contribution in [0.2, 0.25) is 0 Å². The summed E-state index contributed by atoms with van der Waals surface area (Å²) in [6.45, 7) is 3.86. The molecule has 1 N–H and O–H groups in total. The van der Waals surface area contributed by atoms with Crippen LogP contribution < -0.4 is 15.8 Å². The Morgan fingerprint density at radius 2 is 1.90 bits per heavy atom. The molecular weight excluding hydrogens is 376 g/mol. The first-order valence-electron chi connectivity index (χ1n) is 10.4. The number of anilines is 2. The van der Waals surface area contributed by atoms with Crippen molar-refractivity contribution in [2.75, 3.05) is 23.3 Å². The van der Waals surface area contributed by atoms with E-state index in [0.717, 1.165) is 36.3 Å². The molecule has 1 aliphatic rings. The lowest BCUT2D eigenvalue weighted by molar-refractivity contribution is -0.119. The molecule has 4 rings (SSSR count). The number of carbonyl (C=O) groups excluding carboxylic acids is 1. The van der Waals surface area contributed by atoms with E-state index in [1.165, 1.54) is 10.2 Å². The summed E-state index contributed by atoms with van der Waals surface area (Å²) in [5.41, 5.74) is 3.70. The maximum absolute atomic E-state index is 12.7. The predicted molar refractivity (Wildman–Crippen MR) is 119 cm³/mol. The van der Waals surface area contributed by atoms with Gasteiger partial charge in [-0.25, -0.2) is 4.68 Å². The van der Waals surface area contributed by atoms with Crippen LogP contribution in [0.25, 0.3) is 0 Å². The van der Waals surface area contributed by atoms with Gasteiger partial charge in [-0.05, 0) is 36.1 Å². The fourth-order valence-electron chi connectivity index (χ4n) is 3.79. The molecule has 0 saturated carbocycles. The summed E-state index contributed by atoms with van der Waals surface area (Å²) in [6, 6.07) is 19.4. The third-order valence-electron chi connectivity index (χ3n) is 5.56. The topological polar surface area (TPSA) is 67.2 Å². The molecule has 1 amide bonds. The van der Waals surface area contributed by atoms with Gasteiger partial charge in [0.15, 0.2) is 0 Å². The van der Waals surface area contributed by atoms with Crippen molar-refractivity contribution >= 4 is 17.3 Å². The molecular formula is C24H26N4O2. The molecule has 0 bridgehead atoms. The van der Waals surface area contributed by atoms with E-state index in [1.807, 2.05) is 48.5 Å². The van der Waals surface area contributed by atoms with Crippen LogP contribution in [-0.4, -0.2) is 28.8 Å². The molecule has 1 aromatic heterocycles. The molecule has 1 aliphatic heterocycles. The standard InChI is InChI=1S/C24H26N4O2/c1-2-18-9-6-10-21(13-18)26-24(30)20-11-12-27(17-20)22-14-23(29)28(25-15-22)16-19-7-4-3-5-8-19/h3-10,13-15,20H,2,11-12,16-17H2,1H3,(H,26,30). The van der Waals surface area contributed by atoms with Crippen LogP contribution in [0.3, 0.4) is 0 Å². The number of nitrogens with one attached hydrogen (secondary N) is 1. The van der Waals surface area contributed by atoms with E-state index in [-0.39, 0.29) is 17.4 Å². The SMILES string of the molecule is CCc1cccc(NC(=O)C2CCN(c3cnn(Cc4ccccc4)c(=O)c3)C2)c1. The van der Waals surface area contributed by atoms with Crippen LogP contribution in [0, 0.1) is 5.92 Å². The van der Waals surface area contributed by atoms with Gasteiger partial charge in [0.05, 0.1) is 24.3 Å². The highest BCUT2D eigenvalue weighted by molar-refractivity contribution is 5.93. The summed E-state index contributed by atoms with van der Waals surface area (Å²) in [4.78, 5) is 27.3. The quantitative estimate of drug-likeness (QED) is 0.687. The number of aromatic nitrogens is 2. The zero-order valence-corrected chi connectivity index (χ0v) is 17.1. The van der Waals surface area contributed by atoms with Crippen molar-refractivity contribution < 1.29 is 4.79 Å². The Balaban J connectivity index is 1.39. The molecule has 154 valence electrons. The van der Waals surface area contributed by atoms with E-state index in [2.05, 4.69) is 28.3 Å². The predicted octanol–water partition coefficient (Wildman–Crippen LogP) is 3.32. The number of aryl methyl sites for hydroxylation is 1. The number of hydrogen-bond donors (Lipinski definition) is 1. The van der Waals surface area contributed by atoms with Crippen LogP contribution in [0.15, 0.2) is 71.7 Å². The van der Waals surface area contributed by atoms with Gasteiger partial charge < -0.3 is 10.2 Å². The molecule has 0 aliphatic carbocycles. The lowest BCUT2D eigenvalue weighted by atomic mass is 10.1. The minimum Gasteiger partial charge on any atom is -0.369 e. The second-order valence-corrected chi connectivity index (χ2v) is 7.67. The monoisotopic (exact) mass is 402 g/mol. The largest absolute Gasteiger partial charge is 0.369 e. The Labute approximate surface area is 176 Å². The van der Waals surface area contributed by atoms with Gasteiger partial charge in [0.25, 0.3) is 5.56 Å². The normalized spacial score (nSPS) is 15.9. The van der Waals surface area contributed by atoms with E-state index < -0.39 is 0 Å². The molecule has 1 saturated heterocycles. The van der Waals surface area contributed by atoms with E-state index in [1.54, 1.807) is 12.3 Å². The smallest absolute Gasteiger partial charge is 0.269 e. The zero-order chi connectivity index (χ0) is 20.9. The van der Waals surface area contributed by atoms with Crippen molar-refractivity contribution in [3.05, 3.63) is 88.3 Å². The number of amides is 1. The Kier molecular flexibility index (Phi) is 5.93. The lowest BCUT2D eigenvalue weighted by Gasteiger charge is -2.18. The van der Waals surface area contributed by atoms with Crippen molar-refractivity contribution in [2.24, 2.45) is 5.92 Å². The Bertz CT molecular complexity index is 1080. The Hall–Kier alpha value is -3.41. The molecule has 30 heavy (non-hydrogen) atoms. The average molecular weight is 402 g/mol. The number of hydrogen-bond acceptors (Lipinski definition) is 4. The average Bonchev–Trinajstić information content (AvgIpc) is 3.26. The van der Waals surface area contributed by atoms with Gasteiger partial charge in [-0.3, -0.25) is 9.59 Å². The number of benzene rings is 2. The first kappa shape index (κ1) is 19.9. The van der Waals surface area contributed by atoms with Crippen LogP contribution in [0.1, 0.15) is 24.5 Å². The van der Waals surface area contributed by atoms with E-state index >= 15 is 0 Å². The molecule has 1 fully saturated rings. The molecule has 2 aromatic carbocycles. The molecule has 1 atom stereocenters. The molecule has 6 nitrogen and oxygen atoms in total. The summed E-state index contributed by atoms with van der Waals surface area (Å²) < 4.78 is 1.46. The van der Waals surface area contributed by atoms with Crippen LogP contribution in [0.5, 0.6) is 0 Å². The van der Waals surface area contributed by atoms with E-state index in [0.29, 0.717) is 13.1 Å². The second-order valence-electron chi connectivity index (χ2n) is 7.67. The van der Waals surface area contributed by atoms with Crippen LogP contribution in [0.4, 0.5) is 11.4 Å². The van der Waals surface area contributed by atoms with Crippen LogP contribution in [-0.2, 0) is 17.8 Å².